The lowest BCUT2D eigenvalue weighted by molar-refractivity contribution is 0.296. The largest absolute Gasteiger partial charge is 0.205 e. The zero-order valence-corrected chi connectivity index (χ0v) is 22.0. The Labute approximate surface area is 218 Å². The van der Waals surface area contributed by atoms with Gasteiger partial charge in [0.25, 0.3) is 0 Å². The minimum absolute atomic E-state index is 0.211. The highest BCUT2D eigenvalue weighted by Gasteiger charge is 2.18. The zero-order valence-electron chi connectivity index (χ0n) is 22.0. The molecule has 0 atom stereocenters. The van der Waals surface area contributed by atoms with Crippen molar-refractivity contribution >= 4 is 10.8 Å². The lowest BCUT2D eigenvalue weighted by atomic mass is 9.79. The maximum atomic E-state index is 15.2. The average molecular weight is 481 g/mol. The van der Waals surface area contributed by atoms with Crippen molar-refractivity contribution in [2.45, 2.75) is 84.0 Å². The van der Waals surface area contributed by atoms with Gasteiger partial charge in [-0.25, -0.2) is 4.39 Å². The fourth-order valence-electron chi connectivity index (χ4n) is 5.50. The van der Waals surface area contributed by atoms with Crippen molar-refractivity contribution < 1.29 is 4.39 Å². The number of hydrogen-bond donors (Lipinski definition) is 0. The van der Waals surface area contributed by atoms with E-state index in [-0.39, 0.29) is 5.82 Å². The molecule has 0 aliphatic heterocycles. The molecule has 4 rings (SSSR count). The molecule has 3 aromatic carbocycles. The summed E-state index contributed by atoms with van der Waals surface area (Å²) in [6.45, 7) is 6.19. The highest BCUT2D eigenvalue weighted by Crippen LogP contribution is 2.32. The van der Waals surface area contributed by atoms with Crippen LogP contribution in [0.15, 0.2) is 67.3 Å². The molecule has 0 aromatic heterocycles. The summed E-state index contributed by atoms with van der Waals surface area (Å²) in [4.78, 5) is 0. The Morgan fingerprint density at radius 2 is 1.58 bits per heavy atom. The predicted molar refractivity (Wildman–Crippen MR) is 153 cm³/mol. The topological polar surface area (TPSA) is 0 Å². The molecule has 0 spiro atoms. The van der Waals surface area contributed by atoms with Crippen LogP contribution in [0.5, 0.6) is 0 Å². The van der Waals surface area contributed by atoms with Gasteiger partial charge in [-0.1, -0.05) is 86.9 Å². The molecule has 0 radical (unpaired) electrons. The molecular formula is C35H41F. The number of halogens is 1. The van der Waals surface area contributed by atoms with Crippen molar-refractivity contribution in [2.75, 3.05) is 0 Å². The summed E-state index contributed by atoms with van der Waals surface area (Å²) in [7, 11) is 0. The van der Waals surface area contributed by atoms with E-state index >= 15 is 4.39 Å². The van der Waals surface area contributed by atoms with E-state index in [4.69, 9.17) is 0 Å². The first-order valence-electron chi connectivity index (χ1n) is 14.1. The minimum atomic E-state index is -0.211. The van der Waals surface area contributed by atoms with Crippen LogP contribution in [0, 0.1) is 29.5 Å². The zero-order chi connectivity index (χ0) is 25.2. The number of hydrogen-bond acceptors (Lipinski definition) is 0. The van der Waals surface area contributed by atoms with Gasteiger partial charge in [0.1, 0.15) is 5.82 Å². The van der Waals surface area contributed by atoms with Crippen LogP contribution in [-0.4, -0.2) is 0 Å². The van der Waals surface area contributed by atoms with Crippen molar-refractivity contribution in [2.24, 2.45) is 11.8 Å². The van der Waals surface area contributed by atoms with Crippen LogP contribution in [0.3, 0.4) is 0 Å². The third-order valence-corrected chi connectivity index (χ3v) is 7.95. The maximum absolute atomic E-state index is 15.2. The fraction of sp³-hybridized carbons (Fsp3) is 0.429. The van der Waals surface area contributed by atoms with Gasteiger partial charge in [0.2, 0.25) is 0 Å². The first kappa shape index (κ1) is 26.2. The summed E-state index contributed by atoms with van der Waals surface area (Å²) in [5.74, 6) is 7.60. The van der Waals surface area contributed by atoms with Crippen LogP contribution < -0.4 is 0 Å². The molecule has 0 N–H and O–H groups in total. The Morgan fingerprint density at radius 1 is 0.833 bits per heavy atom. The van der Waals surface area contributed by atoms with E-state index in [1.807, 2.05) is 18.2 Å². The van der Waals surface area contributed by atoms with Crippen LogP contribution in [0.1, 0.15) is 93.4 Å². The van der Waals surface area contributed by atoms with Crippen LogP contribution >= 0.6 is 0 Å². The molecule has 0 nitrogen and oxygen atoms in total. The Kier molecular flexibility index (Phi) is 9.80. The van der Waals surface area contributed by atoms with Crippen molar-refractivity contribution in [1.82, 2.24) is 0 Å². The molecule has 188 valence electrons. The number of unbranched alkanes of at least 4 members (excludes halogenated alkanes) is 4. The number of aryl methyl sites for hydroxylation is 2. The van der Waals surface area contributed by atoms with Gasteiger partial charge in [0, 0.05) is 10.9 Å². The summed E-state index contributed by atoms with van der Waals surface area (Å²) in [6.07, 6.45) is 17.2. The fourth-order valence-corrected chi connectivity index (χ4v) is 5.50. The molecule has 1 aliphatic rings. The molecule has 1 heteroatoms. The highest BCUT2D eigenvalue weighted by atomic mass is 19.1. The summed E-state index contributed by atoms with van der Waals surface area (Å²) in [5, 5.41) is 1.63. The second-order valence-electron chi connectivity index (χ2n) is 10.6. The summed E-state index contributed by atoms with van der Waals surface area (Å²) < 4.78 is 15.2. The van der Waals surface area contributed by atoms with E-state index in [1.54, 1.807) is 0 Å². The van der Waals surface area contributed by atoms with Gasteiger partial charge < -0.3 is 0 Å². The number of allylic oxidation sites excluding steroid dienone is 1. The van der Waals surface area contributed by atoms with Crippen LogP contribution in [0.2, 0.25) is 0 Å². The summed E-state index contributed by atoms with van der Waals surface area (Å²) >= 11 is 0. The SMILES string of the molecule is C=CC1CCC(CCc2ccc(C#Cc3ccc4cc(CCCCCCC)ccc4c3F)cc2)CC1. The molecular weight excluding hydrogens is 439 g/mol. The van der Waals surface area contributed by atoms with Gasteiger partial charge >= 0.3 is 0 Å². The molecule has 3 aromatic rings. The van der Waals surface area contributed by atoms with E-state index < -0.39 is 0 Å². The first-order chi connectivity index (χ1) is 17.7. The van der Waals surface area contributed by atoms with Crippen LogP contribution in [0.4, 0.5) is 4.39 Å². The lowest BCUT2D eigenvalue weighted by Gasteiger charge is -2.26. The molecule has 0 heterocycles. The Bertz CT molecular complexity index is 1180. The maximum Gasteiger partial charge on any atom is 0.146 e. The third-order valence-electron chi connectivity index (χ3n) is 7.95. The molecule has 0 amide bonds. The molecule has 1 aliphatic carbocycles. The minimum Gasteiger partial charge on any atom is -0.205 e. The quantitative estimate of drug-likeness (QED) is 0.154. The molecule has 1 fully saturated rings. The predicted octanol–water partition coefficient (Wildman–Crippen LogP) is 9.82. The van der Waals surface area contributed by atoms with E-state index in [0.29, 0.717) is 10.9 Å². The van der Waals surface area contributed by atoms with E-state index in [1.165, 1.54) is 75.3 Å². The van der Waals surface area contributed by atoms with Crippen LogP contribution in [0.25, 0.3) is 10.8 Å². The second-order valence-corrected chi connectivity index (χ2v) is 10.6. The summed E-state index contributed by atoms with van der Waals surface area (Å²) in [6, 6.07) is 18.5. The molecule has 0 unspecified atom stereocenters. The Morgan fingerprint density at radius 3 is 2.33 bits per heavy atom. The standard InChI is InChI=1S/C35H41F/c1-3-5-6-7-8-9-31-21-25-34-33(26-31)24-23-32(35(34)36)22-20-30-18-16-29(17-19-30)15-14-28-12-10-27(4-2)11-13-28/h4,16-19,21,23-28H,2-3,5-15H2,1H3. The van der Waals surface area contributed by atoms with Gasteiger partial charge in [-0.05, 0) is 97.9 Å². The number of rotatable bonds is 10. The lowest BCUT2D eigenvalue weighted by Crippen LogP contribution is -2.13. The highest BCUT2D eigenvalue weighted by molar-refractivity contribution is 5.85. The van der Waals surface area contributed by atoms with Gasteiger partial charge in [0.05, 0.1) is 5.56 Å². The number of benzene rings is 3. The normalized spacial score (nSPS) is 17.5. The monoisotopic (exact) mass is 480 g/mol. The van der Waals surface area contributed by atoms with Crippen molar-refractivity contribution in [3.05, 3.63) is 95.3 Å². The van der Waals surface area contributed by atoms with Crippen molar-refractivity contribution in [1.29, 1.82) is 0 Å². The van der Waals surface area contributed by atoms with Gasteiger partial charge in [0.15, 0.2) is 0 Å². The van der Waals surface area contributed by atoms with Gasteiger partial charge in [-0.15, -0.1) is 6.58 Å². The van der Waals surface area contributed by atoms with Crippen molar-refractivity contribution in [3.63, 3.8) is 0 Å². The van der Waals surface area contributed by atoms with Crippen LogP contribution in [-0.2, 0) is 12.8 Å². The summed E-state index contributed by atoms with van der Waals surface area (Å²) in [5.41, 5.74) is 4.06. The van der Waals surface area contributed by atoms with E-state index in [2.05, 4.69) is 67.8 Å². The Hall–Kier alpha value is -2.85. The van der Waals surface area contributed by atoms with Gasteiger partial charge in [-0.3, -0.25) is 0 Å². The first-order valence-corrected chi connectivity index (χ1v) is 14.1. The van der Waals surface area contributed by atoms with Gasteiger partial charge in [-0.2, -0.15) is 0 Å². The smallest absolute Gasteiger partial charge is 0.146 e. The van der Waals surface area contributed by atoms with E-state index in [9.17, 15) is 0 Å². The molecule has 1 saturated carbocycles. The molecule has 36 heavy (non-hydrogen) atoms. The third kappa shape index (κ3) is 7.33. The molecule has 0 saturated heterocycles. The average Bonchev–Trinajstić information content (AvgIpc) is 2.92. The molecule has 0 bridgehead atoms. The second kappa shape index (κ2) is 13.5. The Balaban J connectivity index is 1.33. The van der Waals surface area contributed by atoms with E-state index in [0.717, 1.165) is 35.6 Å². The number of fused-ring (bicyclic) bond motifs is 1. The van der Waals surface area contributed by atoms with Crippen molar-refractivity contribution in [3.8, 4) is 11.8 Å².